The molecule has 8 heteroatoms. The molecule has 6 nitrogen and oxygen atoms in total. The van der Waals surface area contributed by atoms with E-state index in [0.717, 1.165) is 26.4 Å². The number of aliphatic hydroxyl groups is 1. The summed E-state index contributed by atoms with van der Waals surface area (Å²) in [5.74, 6) is 0.612. The van der Waals surface area contributed by atoms with Crippen LogP contribution in [0.3, 0.4) is 0 Å². The lowest BCUT2D eigenvalue weighted by Gasteiger charge is -2.11. The number of halogens is 1. The molecule has 0 fully saturated rings. The molecule has 3 aromatic heterocycles. The van der Waals surface area contributed by atoms with E-state index in [1.165, 1.54) is 17.7 Å². The van der Waals surface area contributed by atoms with E-state index in [4.69, 9.17) is 11.6 Å². The fourth-order valence-electron chi connectivity index (χ4n) is 2.51. The maximum atomic E-state index is 10.9. The summed E-state index contributed by atoms with van der Waals surface area (Å²) >= 11 is 7.45. The predicted molar refractivity (Wildman–Crippen MR) is 96.2 cm³/mol. The van der Waals surface area contributed by atoms with Gasteiger partial charge >= 0.3 is 0 Å². The Balaban J connectivity index is 1.82. The zero-order valence-electron chi connectivity index (χ0n) is 12.8. The third-order valence-electron chi connectivity index (χ3n) is 3.74. The minimum Gasteiger partial charge on any atom is -0.384 e. The molecule has 4 aromatic rings. The molecule has 25 heavy (non-hydrogen) atoms. The van der Waals surface area contributed by atoms with E-state index in [2.05, 4.69) is 25.4 Å². The maximum absolute atomic E-state index is 10.9. The van der Waals surface area contributed by atoms with Crippen LogP contribution in [0.4, 0.5) is 0 Å². The van der Waals surface area contributed by atoms with Crippen molar-refractivity contribution in [2.45, 2.75) is 6.10 Å². The van der Waals surface area contributed by atoms with Crippen molar-refractivity contribution in [3.8, 4) is 21.1 Å². The van der Waals surface area contributed by atoms with Gasteiger partial charge in [0.2, 0.25) is 0 Å². The van der Waals surface area contributed by atoms with E-state index in [1.54, 1.807) is 24.5 Å². The summed E-state index contributed by atoms with van der Waals surface area (Å²) in [7, 11) is 0. The summed E-state index contributed by atoms with van der Waals surface area (Å²) in [6.07, 6.45) is 3.96. The number of aliphatic hydroxyl groups excluding tert-OH is 1. The second-order valence-corrected chi connectivity index (χ2v) is 6.80. The molecule has 124 valence electrons. The van der Waals surface area contributed by atoms with Crippen LogP contribution in [0.15, 0.2) is 55.1 Å². The molecule has 0 saturated heterocycles. The van der Waals surface area contributed by atoms with Crippen molar-refractivity contribution in [2.24, 2.45) is 0 Å². The van der Waals surface area contributed by atoms with Crippen LogP contribution in [-0.2, 0) is 0 Å². The summed E-state index contributed by atoms with van der Waals surface area (Å²) in [4.78, 5) is 6.02. The molecule has 1 aromatic carbocycles. The summed E-state index contributed by atoms with van der Waals surface area (Å²) in [6.45, 7) is 0. The second kappa shape index (κ2) is 6.72. The number of nitrogens with zero attached hydrogens (tertiary/aromatic N) is 4. The third kappa shape index (κ3) is 3.17. The van der Waals surface area contributed by atoms with Gasteiger partial charge in [0.15, 0.2) is 5.82 Å². The number of hydrogen-bond acceptors (Lipinski definition) is 6. The Kier molecular flexibility index (Phi) is 4.27. The van der Waals surface area contributed by atoms with Crippen molar-refractivity contribution in [1.82, 2.24) is 25.4 Å². The van der Waals surface area contributed by atoms with Crippen molar-refractivity contribution < 1.29 is 5.11 Å². The van der Waals surface area contributed by atoms with E-state index in [-0.39, 0.29) is 0 Å². The predicted octanol–water partition coefficient (Wildman–Crippen LogP) is 3.73. The average Bonchev–Trinajstić information content (AvgIpc) is 3.32. The molecule has 0 saturated carbocycles. The molecule has 0 spiro atoms. The smallest absolute Gasteiger partial charge is 0.165 e. The van der Waals surface area contributed by atoms with Crippen LogP contribution in [-0.4, -0.2) is 30.5 Å². The standard InChI is InChI=1S/C17H12ClN5OS/c18-12-3-1-10(2-4-12)15(24)13-7-14(11-5-6-20-21-8-11)25-16(13)17-19-9-22-23-17/h1-9,15,24H,(H,19,22,23)/t15-/m0/s1. The fourth-order valence-corrected chi connectivity index (χ4v) is 3.77. The van der Waals surface area contributed by atoms with E-state index in [9.17, 15) is 5.11 Å². The van der Waals surface area contributed by atoms with Gasteiger partial charge in [-0.25, -0.2) is 4.98 Å². The molecule has 2 N–H and O–H groups in total. The SMILES string of the molecule is O[C@@H](c1ccc(Cl)cc1)c1cc(-c2ccnnc2)sc1-c1ncn[nH]1. The Morgan fingerprint density at radius 3 is 2.64 bits per heavy atom. The minimum absolute atomic E-state index is 0.612. The molecular weight excluding hydrogens is 358 g/mol. The third-order valence-corrected chi connectivity index (χ3v) is 5.20. The summed E-state index contributed by atoms with van der Waals surface area (Å²) in [5, 5.41) is 26.0. The van der Waals surface area contributed by atoms with Crippen molar-refractivity contribution in [3.63, 3.8) is 0 Å². The fraction of sp³-hybridized carbons (Fsp3) is 0.0588. The Hall–Kier alpha value is -2.61. The topological polar surface area (TPSA) is 87.6 Å². The number of benzene rings is 1. The zero-order chi connectivity index (χ0) is 17.2. The van der Waals surface area contributed by atoms with Crippen molar-refractivity contribution in [1.29, 1.82) is 0 Å². The Morgan fingerprint density at radius 1 is 1.12 bits per heavy atom. The molecule has 0 aliphatic carbocycles. The van der Waals surface area contributed by atoms with Crippen molar-refractivity contribution in [2.75, 3.05) is 0 Å². The summed E-state index contributed by atoms with van der Waals surface area (Å²) < 4.78 is 0. The summed E-state index contributed by atoms with van der Waals surface area (Å²) in [6, 6.07) is 11.0. The monoisotopic (exact) mass is 369 g/mol. The first kappa shape index (κ1) is 15.9. The minimum atomic E-state index is -0.808. The molecule has 0 aliphatic rings. The lowest BCUT2D eigenvalue weighted by molar-refractivity contribution is 0.221. The molecule has 0 radical (unpaired) electrons. The molecule has 0 unspecified atom stereocenters. The molecule has 0 bridgehead atoms. The largest absolute Gasteiger partial charge is 0.384 e. The van der Waals surface area contributed by atoms with Gasteiger partial charge in [0.05, 0.1) is 17.3 Å². The van der Waals surface area contributed by atoms with Gasteiger partial charge in [-0.05, 0) is 29.8 Å². The first-order valence-corrected chi connectivity index (χ1v) is 8.62. The van der Waals surface area contributed by atoms with Gasteiger partial charge in [-0.15, -0.1) is 11.3 Å². The van der Waals surface area contributed by atoms with Gasteiger partial charge in [0.25, 0.3) is 0 Å². The van der Waals surface area contributed by atoms with Crippen molar-refractivity contribution in [3.05, 3.63) is 71.3 Å². The van der Waals surface area contributed by atoms with Gasteiger partial charge in [-0.1, -0.05) is 23.7 Å². The van der Waals surface area contributed by atoms with Crippen LogP contribution < -0.4 is 0 Å². The highest BCUT2D eigenvalue weighted by atomic mass is 35.5. The highest BCUT2D eigenvalue weighted by molar-refractivity contribution is 7.19. The molecule has 0 aliphatic heterocycles. The Labute approximate surface area is 152 Å². The van der Waals surface area contributed by atoms with Crippen molar-refractivity contribution >= 4 is 22.9 Å². The number of H-pyrrole nitrogens is 1. The number of rotatable bonds is 4. The maximum Gasteiger partial charge on any atom is 0.165 e. The number of hydrogen-bond donors (Lipinski definition) is 2. The zero-order valence-corrected chi connectivity index (χ0v) is 14.4. The highest BCUT2D eigenvalue weighted by Gasteiger charge is 2.21. The van der Waals surface area contributed by atoms with Crippen LogP contribution in [0.25, 0.3) is 21.1 Å². The highest BCUT2D eigenvalue weighted by Crippen LogP contribution is 2.41. The lowest BCUT2D eigenvalue weighted by Crippen LogP contribution is -2.00. The lowest BCUT2D eigenvalue weighted by atomic mass is 10.0. The van der Waals surface area contributed by atoms with E-state index >= 15 is 0 Å². The first-order valence-electron chi connectivity index (χ1n) is 7.42. The number of thiophene rings is 1. The molecule has 0 amide bonds. The van der Waals surface area contributed by atoms with Gasteiger partial charge in [-0.3, -0.25) is 5.10 Å². The Morgan fingerprint density at radius 2 is 1.96 bits per heavy atom. The quantitative estimate of drug-likeness (QED) is 0.572. The second-order valence-electron chi connectivity index (χ2n) is 5.31. The van der Waals surface area contributed by atoms with Gasteiger partial charge in [0, 0.05) is 21.0 Å². The van der Waals surface area contributed by atoms with Gasteiger partial charge in [0.1, 0.15) is 12.4 Å². The van der Waals surface area contributed by atoms with Crippen LogP contribution >= 0.6 is 22.9 Å². The molecule has 1 atom stereocenters. The number of aromatic amines is 1. The van der Waals surface area contributed by atoms with Gasteiger partial charge < -0.3 is 5.11 Å². The van der Waals surface area contributed by atoms with E-state index in [1.807, 2.05) is 24.3 Å². The van der Waals surface area contributed by atoms with Gasteiger partial charge in [-0.2, -0.15) is 15.3 Å². The number of nitrogens with one attached hydrogen (secondary N) is 1. The van der Waals surface area contributed by atoms with Crippen LogP contribution in [0.2, 0.25) is 5.02 Å². The normalized spacial score (nSPS) is 12.2. The van der Waals surface area contributed by atoms with Crippen LogP contribution in [0, 0.1) is 0 Å². The van der Waals surface area contributed by atoms with E-state index in [0.29, 0.717) is 10.8 Å². The van der Waals surface area contributed by atoms with Crippen LogP contribution in [0.1, 0.15) is 17.2 Å². The first-order chi connectivity index (χ1) is 12.2. The molecular formula is C17H12ClN5OS. The van der Waals surface area contributed by atoms with E-state index < -0.39 is 6.10 Å². The number of aromatic nitrogens is 5. The molecule has 3 heterocycles. The Bertz CT molecular complexity index is 970. The molecule has 4 rings (SSSR count). The summed E-state index contributed by atoms with van der Waals surface area (Å²) in [5.41, 5.74) is 2.42. The van der Waals surface area contributed by atoms with Crippen LogP contribution in [0.5, 0.6) is 0 Å². The average molecular weight is 370 g/mol.